The molecular weight excluding hydrogens is 515 g/mol. The molecule has 1 aliphatic carbocycles. The zero-order valence-electron chi connectivity index (χ0n) is 26.3. The molecule has 0 amide bonds. The number of unbranched alkanes of at least 4 members (excludes halogenated alkanes) is 11. The van der Waals surface area contributed by atoms with Gasteiger partial charge in [-0.3, -0.25) is 0 Å². The summed E-state index contributed by atoms with van der Waals surface area (Å²) in [6.45, 7) is 9.93. The third-order valence-corrected chi connectivity index (χ3v) is 14.1. The van der Waals surface area contributed by atoms with E-state index in [9.17, 15) is 4.89 Å². The fourth-order valence-corrected chi connectivity index (χ4v) is 10.3. The van der Waals surface area contributed by atoms with Gasteiger partial charge in [0.05, 0.1) is 0 Å². The standard InChI is InChI=1S/C35H61O4P/c1-5-6-7-8-9-10-11-12-13-14-15-19-27-40(36)34(39-35(40,3)4)25-26-37-33-28-30(2)21-20-24-32(33)38-29-31-22-17-16-18-23-31/h16-18,21-23,32-34,36,40H,5-15,19-20,24-29H2,1-4H3/t32-,33+,34+/m1/s1. The van der Waals surface area contributed by atoms with E-state index in [4.69, 9.17) is 14.2 Å². The second-order valence-electron chi connectivity index (χ2n) is 13.0. The van der Waals surface area contributed by atoms with Crippen molar-refractivity contribution >= 4 is 7.49 Å². The van der Waals surface area contributed by atoms with E-state index in [0.717, 1.165) is 38.3 Å². The van der Waals surface area contributed by atoms with Crippen molar-refractivity contribution < 1.29 is 19.1 Å². The van der Waals surface area contributed by atoms with E-state index in [2.05, 4.69) is 58.0 Å². The quantitative estimate of drug-likeness (QED) is 0.0953. The summed E-state index contributed by atoms with van der Waals surface area (Å²) in [5.41, 5.74) is 2.59. The molecule has 230 valence electrons. The number of allylic oxidation sites excluding steroid dienone is 1. The van der Waals surface area contributed by atoms with E-state index in [-0.39, 0.29) is 23.4 Å². The third kappa shape index (κ3) is 10.8. The van der Waals surface area contributed by atoms with Crippen molar-refractivity contribution in [2.45, 2.75) is 160 Å². The van der Waals surface area contributed by atoms with Gasteiger partial charge in [0, 0.05) is 0 Å². The normalized spacial score (nSPS) is 24.6. The summed E-state index contributed by atoms with van der Waals surface area (Å²) in [4.78, 5) is 11.8. The maximum atomic E-state index is 11.8. The van der Waals surface area contributed by atoms with Gasteiger partial charge in [-0.2, -0.15) is 0 Å². The van der Waals surface area contributed by atoms with E-state index >= 15 is 0 Å². The van der Waals surface area contributed by atoms with Crippen LogP contribution >= 0.6 is 7.49 Å². The monoisotopic (exact) mass is 576 g/mol. The minimum atomic E-state index is -2.48. The Morgan fingerprint density at radius 3 is 2.12 bits per heavy atom. The van der Waals surface area contributed by atoms with Crippen LogP contribution in [0.1, 0.15) is 136 Å². The van der Waals surface area contributed by atoms with Crippen LogP contribution in [0.4, 0.5) is 0 Å². The average molecular weight is 577 g/mol. The van der Waals surface area contributed by atoms with Crippen molar-refractivity contribution in [1.82, 2.24) is 0 Å². The summed E-state index contributed by atoms with van der Waals surface area (Å²) in [5, 5.41) is -0.349. The van der Waals surface area contributed by atoms with Crippen molar-refractivity contribution in [3.05, 3.63) is 47.5 Å². The number of benzene rings is 1. The number of hydrogen-bond acceptors (Lipinski definition) is 4. The Morgan fingerprint density at radius 1 is 0.875 bits per heavy atom. The molecule has 1 aromatic carbocycles. The molecule has 1 saturated heterocycles. The number of hydrogen-bond donors (Lipinski definition) is 1. The predicted molar refractivity (Wildman–Crippen MR) is 172 cm³/mol. The molecule has 2 aliphatic rings. The Kier molecular flexibility index (Phi) is 15.2. The van der Waals surface area contributed by atoms with Gasteiger partial charge < -0.3 is 0 Å². The first-order valence-electron chi connectivity index (χ1n) is 16.7. The second-order valence-corrected chi connectivity index (χ2v) is 17.2. The second kappa shape index (κ2) is 18.0. The van der Waals surface area contributed by atoms with Gasteiger partial charge in [-0.25, -0.2) is 0 Å². The first-order chi connectivity index (χ1) is 19.4. The summed E-state index contributed by atoms with van der Waals surface area (Å²) in [6.07, 6.45) is 23.3. The molecule has 1 aromatic rings. The molecule has 0 bridgehead atoms. The molecule has 5 heteroatoms. The van der Waals surface area contributed by atoms with Gasteiger partial charge in [-0.15, -0.1) is 0 Å². The summed E-state index contributed by atoms with van der Waals surface area (Å²) < 4.78 is 19.1. The summed E-state index contributed by atoms with van der Waals surface area (Å²) in [7, 11) is -2.48. The first kappa shape index (κ1) is 33.7. The topological polar surface area (TPSA) is 47.9 Å². The molecule has 3 rings (SSSR count). The molecule has 0 spiro atoms. The zero-order chi connectivity index (χ0) is 28.7. The van der Waals surface area contributed by atoms with Crippen LogP contribution in [0.25, 0.3) is 0 Å². The first-order valence-corrected chi connectivity index (χ1v) is 18.9. The van der Waals surface area contributed by atoms with Gasteiger partial charge in [0.2, 0.25) is 0 Å². The van der Waals surface area contributed by atoms with Crippen molar-refractivity contribution in [2.24, 2.45) is 0 Å². The minimum absolute atomic E-state index is 0.0127. The maximum absolute atomic E-state index is 11.8. The van der Waals surface area contributed by atoms with E-state index in [1.165, 1.54) is 81.8 Å². The molecule has 40 heavy (non-hydrogen) atoms. The Labute approximate surface area is 247 Å². The van der Waals surface area contributed by atoms with Crippen LogP contribution in [0, 0.1) is 0 Å². The van der Waals surface area contributed by atoms with Crippen LogP contribution in [0.3, 0.4) is 0 Å². The van der Waals surface area contributed by atoms with Crippen LogP contribution in [-0.2, 0) is 20.8 Å². The number of ether oxygens (including phenoxy) is 3. The molecule has 0 saturated carbocycles. The van der Waals surface area contributed by atoms with E-state index < -0.39 is 7.49 Å². The zero-order valence-corrected chi connectivity index (χ0v) is 27.3. The Hall–Kier alpha value is -0.770. The van der Waals surface area contributed by atoms with Crippen molar-refractivity contribution in [3.63, 3.8) is 0 Å². The fourth-order valence-electron chi connectivity index (χ4n) is 6.55. The molecule has 1 N–H and O–H groups in total. The molecular formula is C35H61O4P. The Morgan fingerprint density at radius 2 is 1.50 bits per heavy atom. The third-order valence-electron chi connectivity index (χ3n) is 9.32. The molecule has 0 unspecified atom stereocenters. The molecule has 0 radical (unpaired) electrons. The fraction of sp³-hybridized carbons (Fsp3) is 0.771. The van der Waals surface area contributed by atoms with Crippen molar-refractivity contribution in [3.8, 4) is 0 Å². The van der Waals surface area contributed by atoms with Crippen molar-refractivity contribution in [1.29, 1.82) is 0 Å². The summed E-state index contributed by atoms with van der Waals surface area (Å²) in [5.74, 6) is -0.0127. The van der Waals surface area contributed by atoms with E-state index in [0.29, 0.717) is 13.2 Å². The van der Waals surface area contributed by atoms with Gasteiger partial charge in [0.25, 0.3) is 0 Å². The van der Waals surface area contributed by atoms with Crippen LogP contribution in [0.5, 0.6) is 0 Å². The van der Waals surface area contributed by atoms with Crippen LogP contribution < -0.4 is 0 Å². The SMILES string of the molecule is CCCCCCCCCCCCCC[PH]1(O)[C@@H](CCO[C@H]2CC(C)=CCC[C@H]2OCc2ccccc2)OC1(C)C. The van der Waals surface area contributed by atoms with E-state index in [1.54, 1.807) is 0 Å². The number of rotatable bonds is 20. The predicted octanol–water partition coefficient (Wildman–Crippen LogP) is 9.93. The Bertz CT molecular complexity index is 841. The Balaban J connectivity index is 1.35. The van der Waals surface area contributed by atoms with Gasteiger partial charge in [0.1, 0.15) is 0 Å². The average Bonchev–Trinajstić information content (AvgIpc) is 3.12. The molecule has 1 fully saturated rings. The van der Waals surface area contributed by atoms with Crippen molar-refractivity contribution in [2.75, 3.05) is 12.8 Å². The molecule has 3 atom stereocenters. The van der Waals surface area contributed by atoms with Gasteiger partial charge in [0.15, 0.2) is 0 Å². The molecule has 1 aliphatic heterocycles. The van der Waals surface area contributed by atoms with Crippen LogP contribution in [-0.4, -0.2) is 41.1 Å². The van der Waals surface area contributed by atoms with E-state index in [1.807, 2.05) is 6.07 Å². The molecule has 1 heterocycles. The summed E-state index contributed by atoms with van der Waals surface area (Å²) >= 11 is 0. The van der Waals surface area contributed by atoms with Gasteiger partial charge in [-0.1, -0.05) is 13.3 Å². The van der Waals surface area contributed by atoms with Gasteiger partial charge >= 0.3 is 234 Å². The summed E-state index contributed by atoms with van der Waals surface area (Å²) in [6, 6.07) is 10.4. The van der Waals surface area contributed by atoms with Crippen LogP contribution in [0.15, 0.2) is 42.0 Å². The van der Waals surface area contributed by atoms with Crippen LogP contribution in [0.2, 0.25) is 0 Å². The molecule has 4 nitrogen and oxygen atoms in total. The van der Waals surface area contributed by atoms with Gasteiger partial charge in [-0.05, 0) is 0 Å². The molecule has 0 aromatic heterocycles.